The third-order valence-corrected chi connectivity index (χ3v) is 11.2. The van der Waals surface area contributed by atoms with Gasteiger partial charge in [-0.05, 0) is 46.9 Å². The zero-order valence-corrected chi connectivity index (χ0v) is 31.3. The van der Waals surface area contributed by atoms with Gasteiger partial charge in [0.05, 0.1) is 30.2 Å². The third-order valence-electron chi connectivity index (χ3n) is 9.39. The first-order valence-electron chi connectivity index (χ1n) is 17.0. The number of benzene rings is 5. The van der Waals surface area contributed by atoms with Crippen molar-refractivity contribution in [1.29, 1.82) is 0 Å². The molecule has 7 rings (SSSR count). The third kappa shape index (κ3) is 7.29. The molecule has 5 aromatic carbocycles. The summed E-state index contributed by atoms with van der Waals surface area (Å²) >= 11 is 0. The van der Waals surface area contributed by atoms with Crippen molar-refractivity contribution in [3.8, 4) is 0 Å². The largest absolute Gasteiger partial charge is 0.507 e. The number of hydrogen-bond donors (Lipinski definition) is 8. The molecule has 16 nitrogen and oxygen atoms in total. The Morgan fingerprint density at radius 1 is 0.569 bits per heavy atom. The second-order valence-electron chi connectivity index (χ2n) is 12.9. The highest BCUT2D eigenvalue weighted by atomic mass is 32.2. The van der Waals surface area contributed by atoms with Crippen molar-refractivity contribution in [2.24, 2.45) is 5.10 Å². The quantitative estimate of drug-likeness (QED) is 0.0783. The molecule has 0 spiro atoms. The lowest BCUT2D eigenvalue weighted by atomic mass is 9.89. The van der Waals surface area contributed by atoms with Gasteiger partial charge in [0, 0.05) is 38.3 Å². The van der Waals surface area contributed by atoms with E-state index in [2.05, 4.69) is 21.4 Å². The molecule has 0 aromatic heterocycles. The van der Waals surface area contributed by atoms with Crippen LogP contribution in [0.3, 0.4) is 0 Å². The van der Waals surface area contributed by atoms with E-state index >= 15 is 0 Å². The Morgan fingerprint density at radius 2 is 1.10 bits per heavy atom. The van der Waals surface area contributed by atoms with Crippen LogP contribution in [0.2, 0.25) is 0 Å². The van der Waals surface area contributed by atoms with Gasteiger partial charge in [-0.2, -0.15) is 21.9 Å². The number of nitrogens with one attached hydrogen (secondary N) is 3. The zero-order valence-electron chi connectivity index (χ0n) is 29.7. The first-order valence-corrected chi connectivity index (χ1v) is 19.9. The molecule has 2 aliphatic carbocycles. The number of rotatable bonds is 9. The van der Waals surface area contributed by atoms with Gasteiger partial charge in [-0.3, -0.25) is 34.3 Å². The summed E-state index contributed by atoms with van der Waals surface area (Å²) in [6.45, 7) is -1.41. The Morgan fingerprint density at radius 3 is 1.66 bits per heavy atom. The number of hydrazine groups is 1. The van der Waals surface area contributed by atoms with Crippen molar-refractivity contribution in [2.45, 2.75) is 9.79 Å². The number of aliphatic hydroxyl groups is 3. The molecule has 294 valence electrons. The summed E-state index contributed by atoms with van der Waals surface area (Å²) in [6.07, 6.45) is 2.43. The summed E-state index contributed by atoms with van der Waals surface area (Å²) in [5.74, 6) is -2.91. The predicted molar refractivity (Wildman–Crippen MR) is 213 cm³/mol. The molecule has 58 heavy (non-hydrogen) atoms. The minimum absolute atomic E-state index is 0.0193. The Kier molecular flexibility index (Phi) is 10.4. The van der Waals surface area contributed by atoms with Crippen LogP contribution in [-0.4, -0.2) is 77.5 Å². The molecule has 0 amide bonds. The van der Waals surface area contributed by atoms with Crippen LogP contribution < -0.4 is 26.7 Å². The van der Waals surface area contributed by atoms with Gasteiger partial charge in [0.15, 0.2) is 5.71 Å². The highest BCUT2D eigenvalue weighted by Crippen LogP contribution is 2.31. The maximum Gasteiger partial charge on any atom is 0.295 e. The van der Waals surface area contributed by atoms with E-state index in [9.17, 15) is 55.6 Å². The van der Waals surface area contributed by atoms with Gasteiger partial charge in [0.1, 0.15) is 21.2 Å². The molecule has 0 bridgehead atoms. The van der Waals surface area contributed by atoms with E-state index in [1.807, 2.05) is 0 Å². The van der Waals surface area contributed by atoms with Crippen LogP contribution in [0, 0.1) is 0 Å². The van der Waals surface area contributed by atoms with E-state index in [0.717, 1.165) is 6.07 Å². The van der Waals surface area contributed by atoms with E-state index < -0.39 is 62.3 Å². The fourth-order valence-electron chi connectivity index (χ4n) is 6.58. The molecule has 0 radical (unpaired) electrons. The average Bonchev–Trinajstić information content (AvgIpc) is 3.20. The van der Waals surface area contributed by atoms with E-state index in [-0.39, 0.29) is 64.7 Å². The molecule has 0 aliphatic heterocycles. The lowest BCUT2D eigenvalue weighted by Gasteiger charge is -2.20. The van der Waals surface area contributed by atoms with Gasteiger partial charge in [0.25, 0.3) is 20.2 Å². The average molecular weight is 823 g/mol. The number of fused-ring (bicyclic) bond motifs is 2. The Labute approximate surface area is 328 Å². The fourth-order valence-corrected chi connectivity index (χ4v) is 7.97. The number of hydrazone groups is 1. The highest BCUT2D eigenvalue weighted by Gasteiger charge is 2.32. The van der Waals surface area contributed by atoms with Crippen LogP contribution in [0.1, 0.15) is 0 Å². The number of allylic oxidation sites excluding steroid dienone is 3. The first-order chi connectivity index (χ1) is 27.6. The number of Topliss-reactive ketones (excluding diaryl/α,β-unsaturated/α-hetero) is 3. The number of ketones is 3. The summed E-state index contributed by atoms with van der Waals surface area (Å²) in [7, 11) is -9.14. The van der Waals surface area contributed by atoms with Crippen molar-refractivity contribution in [2.75, 3.05) is 24.1 Å². The Hall–Kier alpha value is -6.80. The van der Waals surface area contributed by atoms with Crippen molar-refractivity contribution < 1.29 is 55.6 Å². The predicted octanol–water partition coefficient (Wildman–Crippen LogP) is 2.21. The molecule has 8 N–H and O–H groups in total. The number of nitrogens with zero attached hydrogens (tertiary/aromatic N) is 1. The van der Waals surface area contributed by atoms with Gasteiger partial charge < -0.3 is 20.7 Å². The summed E-state index contributed by atoms with van der Waals surface area (Å²) < 4.78 is 67.1. The number of anilines is 2. The van der Waals surface area contributed by atoms with Crippen LogP contribution in [0.15, 0.2) is 147 Å². The molecular weight excluding hydrogens is 793 g/mol. The molecule has 0 saturated carbocycles. The lowest BCUT2D eigenvalue weighted by Crippen LogP contribution is -2.35. The number of aliphatic hydroxyl groups excluding tert-OH is 3. The van der Waals surface area contributed by atoms with E-state index in [4.69, 9.17) is 0 Å². The van der Waals surface area contributed by atoms with Crippen molar-refractivity contribution in [3.63, 3.8) is 0 Å². The van der Waals surface area contributed by atoms with Gasteiger partial charge in [-0.1, -0.05) is 72.8 Å². The molecule has 0 saturated heterocycles. The first kappa shape index (κ1) is 39.4. The monoisotopic (exact) mass is 822 g/mol. The minimum Gasteiger partial charge on any atom is -0.507 e. The lowest BCUT2D eigenvalue weighted by molar-refractivity contribution is -0.113. The van der Waals surface area contributed by atoms with Crippen molar-refractivity contribution >= 4 is 87.4 Å². The van der Waals surface area contributed by atoms with E-state index in [0.29, 0.717) is 16.5 Å². The number of hydrogen-bond acceptors (Lipinski definition) is 14. The maximum atomic E-state index is 13.8. The normalized spacial score (nSPS) is 15.9. The smallest absolute Gasteiger partial charge is 0.295 e. The van der Waals surface area contributed by atoms with E-state index in [1.54, 1.807) is 36.4 Å². The SMILES string of the molecule is O=C1C(NNc2ccc(S(=O)(=O)O)c3ccccc23)=CC(CO)=C(O)C1=c1ccc(=C2C=C(CO)C(=O)/C(=N/Nc3ccc(S(=O)(=O)O)c4ccccc34)C2=O)cc1. The summed E-state index contributed by atoms with van der Waals surface area (Å²) in [4.78, 5) is 40.1. The number of carbonyl (C=O) groups excluding carboxylic acids is 3. The molecule has 0 atom stereocenters. The van der Waals surface area contributed by atoms with Gasteiger partial charge in [-0.15, -0.1) is 0 Å². The Bertz CT molecular complexity index is 3110. The topological polar surface area (TPSA) is 269 Å². The molecule has 0 fully saturated rings. The standard InChI is InChI=1S/C40H30N4O12S2/c45-19-23-17-29(39(49)36(38(23)48)44-42-31-14-16-34(58(54,55)56)28-8-4-2-6-26(28)31)21-9-11-22(12-10-21)35-37(47)24(20-46)18-32(40(35)50)43-41-30-13-15-33(57(51,52)53)27-7-3-1-5-25(27)30/h1-18,41-43,45-47H,19-20H2,(H,51,52,53)(H,54,55,56)/b29-21?,35-22?,44-36-. The van der Waals surface area contributed by atoms with Crippen LogP contribution in [0.4, 0.5) is 11.4 Å². The van der Waals surface area contributed by atoms with Gasteiger partial charge in [-0.25, -0.2) is 0 Å². The molecular formula is C40H30N4O12S2. The molecule has 0 heterocycles. The second kappa shape index (κ2) is 15.3. The molecule has 2 aliphatic rings. The molecule has 5 aromatic rings. The summed E-state index contributed by atoms with van der Waals surface area (Å²) in [5.41, 5.74) is 7.63. The molecule has 18 heteroatoms. The van der Waals surface area contributed by atoms with Gasteiger partial charge in [0.2, 0.25) is 17.3 Å². The van der Waals surface area contributed by atoms with Crippen LogP contribution in [-0.2, 0) is 34.6 Å². The summed E-state index contributed by atoms with van der Waals surface area (Å²) in [5, 5.41) is 36.6. The minimum atomic E-state index is -4.59. The highest BCUT2D eigenvalue weighted by molar-refractivity contribution is 7.86. The Balaban J connectivity index is 1.23. The maximum absolute atomic E-state index is 13.8. The van der Waals surface area contributed by atoms with Crippen LogP contribution in [0.25, 0.3) is 32.7 Å². The van der Waals surface area contributed by atoms with Crippen molar-refractivity contribution in [3.05, 3.63) is 142 Å². The zero-order chi connectivity index (χ0) is 41.5. The second-order valence-corrected chi connectivity index (χ2v) is 15.6. The molecule has 0 unspecified atom stereocenters. The van der Waals surface area contributed by atoms with Crippen LogP contribution in [0.5, 0.6) is 0 Å². The fraction of sp³-hybridized carbons (Fsp3) is 0.0500. The van der Waals surface area contributed by atoms with Crippen molar-refractivity contribution in [1.82, 2.24) is 5.43 Å². The van der Waals surface area contributed by atoms with E-state index in [1.165, 1.54) is 66.7 Å². The van der Waals surface area contributed by atoms with Crippen LogP contribution >= 0.6 is 0 Å². The number of carbonyl (C=O) groups is 3. The van der Waals surface area contributed by atoms with Gasteiger partial charge >= 0.3 is 0 Å². The summed E-state index contributed by atoms with van der Waals surface area (Å²) in [6, 6.07) is 23.2.